The first-order chi connectivity index (χ1) is 15.3. The quantitative estimate of drug-likeness (QED) is 0.370. The van der Waals surface area contributed by atoms with Crippen molar-refractivity contribution in [1.82, 2.24) is 15.5 Å². The van der Waals surface area contributed by atoms with E-state index in [4.69, 9.17) is 10.8 Å². The van der Waals surface area contributed by atoms with Gasteiger partial charge in [-0.05, 0) is 44.2 Å². The number of amides is 3. The Morgan fingerprint density at radius 3 is 2.34 bits per heavy atom. The second kappa shape index (κ2) is 12.2. The van der Waals surface area contributed by atoms with Crippen molar-refractivity contribution in [2.24, 2.45) is 5.73 Å². The standard InChI is InChI=1S/C23H34N4O5/c1-17(28)26-19(9-5-6-13-24)21(31)27-15-11-23(12-16-27,18-7-3-2-4-8-18)22(32)25-14-10-20(29)30/h2-4,7-8,19H,5-6,9-16,24H2,1H3,(H,25,32)(H,26,28)(H,29,30)/t19-/m0/s1. The number of likely N-dealkylation sites (tertiary alicyclic amines) is 1. The topological polar surface area (TPSA) is 142 Å². The molecule has 1 aliphatic rings. The van der Waals surface area contributed by atoms with Gasteiger partial charge in [0.25, 0.3) is 0 Å². The summed E-state index contributed by atoms with van der Waals surface area (Å²) < 4.78 is 0. The highest BCUT2D eigenvalue weighted by Crippen LogP contribution is 2.36. The molecule has 5 N–H and O–H groups in total. The molecule has 0 bridgehead atoms. The van der Waals surface area contributed by atoms with E-state index in [0.717, 1.165) is 18.4 Å². The Hall–Kier alpha value is -2.94. The van der Waals surface area contributed by atoms with Crippen molar-refractivity contribution in [2.45, 2.75) is 56.9 Å². The fraction of sp³-hybridized carbons (Fsp3) is 0.565. The number of aliphatic carboxylic acids is 1. The number of unbranched alkanes of at least 4 members (excludes halogenated alkanes) is 1. The molecule has 1 aromatic carbocycles. The van der Waals surface area contributed by atoms with Crippen LogP contribution in [0.25, 0.3) is 0 Å². The molecule has 1 heterocycles. The summed E-state index contributed by atoms with van der Waals surface area (Å²) in [5.41, 5.74) is 5.56. The Morgan fingerprint density at radius 1 is 1.12 bits per heavy atom. The van der Waals surface area contributed by atoms with Gasteiger partial charge in [0.1, 0.15) is 6.04 Å². The third kappa shape index (κ3) is 6.78. The van der Waals surface area contributed by atoms with Crippen molar-refractivity contribution in [3.05, 3.63) is 35.9 Å². The van der Waals surface area contributed by atoms with Crippen LogP contribution >= 0.6 is 0 Å². The summed E-state index contributed by atoms with van der Waals surface area (Å²) in [5, 5.41) is 14.4. The normalized spacial score (nSPS) is 16.1. The molecule has 3 amide bonds. The van der Waals surface area contributed by atoms with Gasteiger partial charge in [0.15, 0.2) is 0 Å². The maximum Gasteiger partial charge on any atom is 0.305 e. The van der Waals surface area contributed by atoms with Crippen LogP contribution in [0.1, 0.15) is 51.0 Å². The van der Waals surface area contributed by atoms with Crippen molar-refractivity contribution >= 4 is 23.7 Å². The molecule has 1 aliphatic heterocycles. The van der Waals surface area contributed by atoms with Gasteiger partial charge >= 0.3 is 5.97 Å². The van der Waals surface area contributed by atoms with E-state index in [1.54, 1.807) is 4.90 Å². The molecule has 0 radical (unpaired) electrons. The molecule has 0 aromatic heterocycles. The number of carboxylic acids is 1. The third-order valence-corrected chi connectivity index (χ3v) is 5.94. The van der Waals surface area contributed by atoms with Crippen LogP contribution in [0.3, 0.4) is 0 Å². The van der Waals surface area contributed by atoms with E-state index in [0.29, 0.717) is 38.9 Å². The molecule has 0 aliphatic carbocycles. The number of benzene rings is 1. The van der Waals surface area contributed by atoms with Gasteiger partial charge in [-0.2, -0.15) is 0 Å². The highest BCUT2D eigenvalue weighted by Gasteiger charge is 2.44. The minimum Gasteiger partial charge on any atom is -0.481 e. The molecule has 1 fully saturated rings. The number of carbonyl (C=O) groups is 4. The van der Waals surface area contributed by atoms with Crippen LogP contribution in [0.15, 0.2) is 30.3 Å². The largest absolute Gasteiger partial charge is 0.481 e. The van der Waals surface area contributed by atoms with Crippen molar-refractivity contribution in [1.29, 1.82) is 0 Å². The average molecular weight is 447 g/mol. The summed E-state index contributed by atoms with van der Waals surface area (Å²) in [5.74, 6) is -1.61. The number of carboxylic acid groups (broad SMARTS) is 1. The molecule has 0 saturated carbocycles. The lowest BCUT2D eigenvalue weighted by Gasteiger charge is -2.42. The van der Waals surface area contributed by atoms with Crippen LogP contribution < -0.4 is 16.4 Å². The van der Waals surface area contributed by atoms with E-state index in [9.17, 15) is 19.2 Å². The lowest BCUT2D eigenvalue weighted by atomic mass is 9.71. The summed E-state index contributed by atoms with van der Waals surface area (Å²) >= 11 is 0. The number of nitrogens with one attached hydrogen (secondary N) is 2. The predicted octanol–water partition coefficient (Wildman–Crippen LogP) is 0.771. The minimum absolute atomic E-state index is 0.0527. The Morgan fingerprint density at radius 2 is 1.78 bits per heavy atom. The fourth-order valence-corrected chi connectivity index (χ4v) is 4.18. The van der Waals surface area contributed by atoms with Crippen molar-refractivity contribution in [3.8, 4) is 0 Å². The molecule has 1 aromatic rings. The predicted molar refractivity (Wildman–Crippen MR) is 120 cm³/mol. The zero-order chi connectivity index (χ0) is 23.6. The lowest BCUT2D eigenvalue weighted by molar-refractivity contribution is -0.140. The highest BCUT2D eigenvalue weighted by atomic mass is 16.4. The molecule has 1 atom stereocenters. The number of carbonyl (C=O) groups excluding carboxylic acids is 3. The Labute approximate surface area is 188 Å². The Balaban J connectivity index is 2.13. The average Bonchev–Trinajstić information content (AvgIpc) is 2.78. The number of hydrogen-bond acceptors (Lipinski definition) is 5. The Kier molecular flexibility index (Phi) is 9.64. The maximum absolute atomic E-state index is 13.2. The van der Waals surface area contributed by atoms with Gasteiger partial charge in [0.2, 0.25) is 17.7 Å². The first-order valence-electron chi connectivity index (χ1n) is 11.1. The van der Waals surface area contributed by atoms with Crippen LogP contribution in [-0.4, -0.2) is 65.9 Å². The number of hydrogen-bond donors (Lipinski definition) is 4. The van der Waals surface area contributed by atoms with Gasteiger partial charge in [-0.15, -0.1) is 0 Å². The number of nitrogens with two attached hydrogens (primary N) is 1. The molecular weight excluding hydrogens is 412 g/mol. The zero-order valence-corrected chi connectivity index (χ0v) is 18.6. The summed E-state index contributed by atoms with van der Waals surface area (Å²) in [6.07, 6.45) is 2.71. The zero-order valence-electron chi connectivity index (χ0n) is 18.6. The molecule has 1 saturated heterocycles. The van der Waals surface area contributed by atoms with Crippen LogP contribution in [0.2, 0.25) is 0 Å². The van der Waals surface area contributed by atoms with Gasteiger partial charge < -0.3 is 26.4 Å². The summed E-state index contributed by atoms with van der Waals surface area (Å²) in [6.45, 7) is 2.71. The maximum atomic E-state index is 13.2. The van der Waals surface area contributed by atoms with Gasteiger partial charge in [-0.3, -0.25) is 19.2 Å². The smallest absolute Gasteiger partial charge is 0.305 e. The molecule has 32 heavy (non-hydrogen) atoms. The van der Waals surface area contributed by atoms with E-state index in [1.807, 2.05) is 30.3 Å². The van der Waals surface area contributed by atoms with Crippen molar-refractivity contribution in [3.63, 3.8) is 0 Å². The fourth-order valence-electron chi connectivity index (χ4n) is 4.18. The summed E-state index contributed by atoms with van der Waals surface area (Å²) in [4.78, 5) is 50.4. The molecular formula is C23H34N4O5. The second-order valence-corrected chi connectivity index (χ2v) is 8.21. The van der Waals surface area contributed by atoms with E-state index < -0.39 is 17.4 Å². The minimum atomic E-state index is -0.974. The van der Waals surface area contributed by atoms with Crippen LogP contribution in [0.4, 0.5) is 0 Å². The van der Waals surface area contributed by atoms with Crippen molar-refractivity contribution < 1.29 is 24.3 Å². The number of nitrogens with zero attached hydrogens (tertiary/aromatic N) is 1. The van der Waals surface area contributed by atoms with Gasteiger partial charge in [0, 0.05) is 26.6 Å². The monoisotopic (exact) mass is 446 g/mol. The number of piperidine rings is 1. The SMILES string of the molecule is CC(=O)N[C@@H](CCCCN)C(=O)N1CCC(C(=O)NCCC(=O)O)(c2ccccc2)CC1. The molecule has 9 heteroatoms. The first-order valence-corrected chi connectivity index (χ1v) is 11.1. The van der Waals surface area contributed by atoms with Gasteiger partial charge in [-0.25, -0.2) is 0 Å². The summed E-state index contributed by atoms with van der Waals surface area (Å²) in [7, 11) is 0. The van der Waals surface area contributed by atoms with Crippen LogP contribution in [0.5, 0.6) is 0 Å². The molecule has 0 spiro atoms. The summed E-state index contributed by atoms with van der Waals surface area (Å²) in [6, 6.07) is 8.78. The van der Waals surface area contributed by atoms with Crippen LogP contribution in [-0.2, 0) is 24.6 Å². The number of rotatable bonds is 11. The molecule has 176 valence electrons. The highest BCUT2D eigenvalue weighted by molar-refractivity contribution is 5.90. The van der Waals surface area contributed by atoms with Crippen LogP contribution in [0, 0.1) is 0 Å². The van der Waals surface area contributed by atoms with E-state index >= 15 is 0 Å². The van der Waals surface area contributed by atoms with E-state index in [-0.39, 0.29) is 30.7 Å². The second-order valence-electron chi connectivity index (χ2n) is 8.21. The van der Waals surface area contributed by atoms with Gasteiger partial charge in [0.05, 0.1) is 11.8 Å². The molecule has 9 nitrogen and oxygen atoms in total. The first kappa shape index (κ1) is 25.3. The third-order valence-electron chi connectivity index (χ3n) is 5.94. The molecule has 0 unspecified atom stereocenters. The lowest BCUT2D eigenvalue weighted by Crippen LogP contribution is -2.56. The van der Waals surface area contributed by atoms with E-state index in [1.165, 1.54) is 6.92 Å². The molecule has 2 rings (SSSR count). The van der Waals surface area contributed by atoms with Gasteiger partial charge in [-0.1, -0.05) is 30.3 Å². The Bertz CT molecular complexity index is 791. The van der Waals surface area contributed by atoms with Crippen molar-refractivity contribution in [2.75, 3.05) is 26.2 Å². The van der Waals surface area contributed by atoms with E-state index in [2.05, 4.69) is 10.6 Å².